The van der Waals surface area contributed by atoms with E-state index in [-0.39, 0.29) is 8.80 Å². The zero-order valence-electron chi connectivity index (χ0n) is 7.11. The summed E-state index contributed by atoms with van der Waals surface area (Å²) in [7, 11) is -0.335. The second-order valence-electron chi connectivity index (χ2n) is 2.96. The molecule has 1 rings (SSSR count). The zero-order chi connectivity index (χ0) is 8.43. The van der Waals surface area contributed by atoms with Crippen LogP contribution in [0.3, 0.4) is 0 Å². The van der Waals surface area contributed by atoms with Gasteiger partial charge in [-0.05, 0) is 24.6 Å². The third-order valence-corrected chi connectivity index (χ3v) is 3.62. The van der Waals surface area contributed by atoms with E-state index in [0.29, 0.717) is 0 Å². The molecule has 0 aliphatic heterocycles. The zero-order valence-corrected chi connectivity index (χ0v) is 8.87. The fourth-order valence-electron chi connectivity index (χ4n) is 0.904. The molecule has 11 heavy (non-hydrogen) atoms. The fraction of sp³-hybridized carbons (Fsp3) is 0.333. The van der Waals surface area contributed by atoms with Crippen molar-refractivity contribution >= 4 is 25.6 Å². The molecule has 1 aromatic rings. The minimum atomic E-state index is -0.335. The van der Waals surface area contributed by atoms with Crippen LogP contribution in [0, 0.1) is 6.92 Å². The molecule has 0 spiro atoms. The summed E-state index contributed by atoms with van der Waals surface area (Å²) in [6, 6.07) is 6.36. The first-order valence-corrected chi connectivity index (χ1v) is 6.55. The summed E-state index contributed by atoms with van der Waals surface area (Å²) < 4.78 is 0. The van der Waals surface area contributed by atoms with Gasteiger partial charge in [0.2, 0.25) is 0 Å². The van der Waals surface area contributed by atoms with Gasteiger partial charge in [-0.15, -0.1) is 0 Å². The van der Waals surface area contributed by atoms with Crippen LogP contribution in [0.2, 0.25) is 18.1 Å². The summed E-state index contributed by atoms with van der Waals surface area (Å²) >= 11 is 5.97. The van der Waals surface area contributed by atoms with Gasteiger partial charge in [0.05, 0.1) is 18.3 Å². The van der Waals surface area contributed by atoms with Gasteiger partial charge in [0, 0.05) is 5.02 Å². The summed E-state index contributed by atoms with van der Waals surface area (Å²) in [6.07, 6.45) is 0. The molecule has 0 aromatic heterocycles. The first-order chi connectivity index (χ1) is 5.11. The van der Waals surface area contributed by atoms with Crippen molar-refractivity contribution in [2.24, 2.45) is 0 Å². The molecule has 0 nitrogen and oxygen atoms in total. The fourth-order valence-corrected chi connectivity index (χ4v) is 2.03. The number of aryl methyl sites for hydroxylation is 1. The second kappa shape index (κ2) is 3.42. The van der Waals surface area contributed by atoms with E-state index in [1.165, 1.54) is 10.8 Å². The van der Waals surface area contributed by atoms with Gasteiger partial charge in [-0.25, -0.2) is 0 Å². The number of halogens is 1. The van der Waals surface area contributed by atoms with Gasteiger partial charge in [0.25, 0.3) is 0 Å². The molecule has 1 aromatic carbocycles. The molecule has 0 fully saturated rings. The highest BCUT2D eigenvalue weighted by Crippen LogP contribution is 2.11. The lowest BCUT2D eigenvalue weighted by Gasteiger charge is -1.96. The van der Waals surface area contributed by atoms with Gasteiger partial charge in [0.15, 0.2) is 0 Å². The molecule has 2 heteroatoms. The van der Waals surface area contributed by atoms with Crippen LogP contribution >= 0.6 is 11.6 Å². The SMILES string of the molecule is Cc1ccc([Si+](C)C)cc1Cl. The first kappa shape index (κ1) is 8.82. The minimum Gasteiger partial charge on any atom is -0.0839 e. The molecule has 0 saturated heterocycles. The van der Waals surface area contributed by atoms with Crippen molar-refractivity contribution in [3.05, 3.63) is 28.8 Å². The molecule has 0 N–H and O–H groups in total. The van der Waals surface area contributed by atoms with Gasteiger partial charge in [-0.1, -0.05) is 17.7 Å². The number of benzene rings is 1. The van der Waals surface area contributed by atoms with Crippen LogP contribution in [0.4, 0.5) is 0 Å². The summed E-state index contributed by atoms with van der Waals surface area (Å²) in [4.78, 5) is 0. The van der Waals surface area contributed by atoms with E-state index in [0.717, 1.165) is 5.02 Å². The number of hydrogen-bond acceptors (Lipinski definition) is 0. The highest BCUT2D eigenvalue weighted by Gasteiger charge is 2.15. The largest absolute Gasteiger partial charge is 0.345 e. The monoisotopic (exact) mass is 183 g/mol. The van der Waals surface area contributed by atoms with Crippen LogP contribution < -0.4 is 5.19 Å². The quantitative estimate of drug-likeness (QED) is 0.588. The molecule has 0 radical (unpaired) electrons. The highest BCUT2D eigenvalue weighted by molar-refractivity contribution is 6.70. The Hall–Kier alpha value is -0.273. The van der Waals surface area contributed by atoms with Crippen LogP contribution in [0.5, 0.6) is 0 Å². The molecule has 0 atom stereocenters. The van der Waals surface area contributed by atoms with Crippen LogP contribution in [-0.4, -0.2) is 8.80 Å². The Labute approximate surface area is 74.8 Å². The lowest BCUT2D eigenvalue weighted by Crippen LogP contribution is -2.22. The van der Waals surface area contributed by atoms with E-state index in [1.807, 2.05) is 6.92 Å². The predicted octanol–water partition coefficient (Wildman–Crippen LogP) is 2.61. The van der Waals surface area contributed by atoms with Crippen molar-refractivity contribution in [2.45, 2.75) is 20.0 Å². The van der Waals surface area contributed by atoms with Crippen LogP contribution in [0.1, 0.15) is 5.56 Å². The molecular weight excluding hydrogens is 172 g/mol. The predicted molar refractivity (Wildman–Crippen MR) is 53.3 cm³/mol. The average molecular weight is 184 g/mol. The lowest BCUT2D eigenvalue weighted by atomic mass is 10.2. The maximum absolute atomic E-state index is 5.97. The summed E-state index contributed by atoms with van der Waals surface area (Å²) in [5, 5.41) is 2.30. The first-order valence-electron chi connectivity index (χ1n) is 3.68. The molecule has 0 unspecified atom stereocenters. The molecular formula is C9H12ClSi+. The molecule has 0 aliphatic carbocycles. The molecule has 0 heterocycles. The Morgan fingerprint density at radius 1 is 1.27 bits per heavy atom. The maximum Gasteiger partial charge on any atom is 0.345 e. The van der Waals surface area contributed by atoms with Gasteiger partial charge in [-0.2, -0.15) is 0 Å². The van der Waals surface area contributed by atoms with Crippen molar-refractivity contribution in [3.8, 4) is 0 Å². The summed E-state index contributed by atoms with van der Waals surface area (Å²) in [5.74, 6) is 0. The van der Waals surface area contributed by atoms with Crippen molar-refractivity contribution in [1.29, 1.82) is 0 Å². The third kappa shape index (κ3) is 2.08. The molecule has 0 amide bonds. The Morgan fingerprint density at radius 3 is 2.36 bits per heavy atom. The van der Waals surface area contributed by atoms with Crippen molar-refractivity contribution in [1.82, 2.24) is 0 Å². The van der Waals surface area contributed by atoms with Crippen LogP contribution in [0.25, 0.3) is 0 Å². The smallest absolute Gasteiger partial charge is 0.0839 e. The summed E-state index contributed by atoms with van der Waals surface area (Å²) in [5.41, 5.74) is 1.17. The number of rotatable bonds is 1. The normalized spacial score (nSPS) is 9.82. The van der Waals surface area contributed by atoms with Crippen molar-refractivity contribution < 1.29 is 0 Å². The number of hydrogen-bond donors (Lipinski definition) is 0. The standard InChI is InChI=1S/C9H12ClSi/c1-7-4-5-8(11(2)3)6-9(7)10/h4-6H,1-3H3/q+1. The molecule has 0 aliphatic rings. The molecule has 58 valence electrons. The second-order valence-corrected chi connectivity index (χ2v) is 5.95. The van der Waals surface area contributed by atoms with E-state index < -0.39 is 0 Å². The highest BCUT2D eigenvalue weighted by atomic mass is 35.5. The average Bonchev–Trinajstić information content (AvgIpc) is 1.94. The van der Waals surface area contributed by atoms with E-state index >= 15 is 0 Å². The van der Waals surface area contributed by atoms with Crippen molar-refractivity contribution in [2.75, 3.05) is 0 Å². The Kier molecular flexibility index (Phi) is 2.74. The van der Waals surface area contributed by atoms with Crippen LogP contribution in [0.15, 0.2) is 18.2 Å². The maximum atomic E-state index is 5.97. The Balaban J connectivity index is 3.05. The van der Waals surface area contributed by atoms with E-state index in [9.17, 15) is 0 Å². The van der Waals surface area contributed by atoms with E-state index in [4.69, 9.17) is 11.6 Å². The van der Waals surface area contributed by atoms with E-state index in [2.05, 4.69) is 31.3 Å². The minimum absolute atomic E-state index is 0.335. The van der Waals surface area contributed by atoms with Gasteiger partial charge < -0.3 is 0 Å². The topological polar surface area (TPSA) is 0 Å². The Bertz CT molecular complexity index is 256. The Morgan fingerprint density at radius 2 is 1.91 bits per heavy atom. The summed E-state index contributed by atoms with van der Waals surface area (Å²) in [6.45, 7) is 6.57. The molecule has 0 bridgehead atoms. The van der Waals surface area contributed by atoms with Crippen molar-refractivity contribution in [3.63, 3.8) is 0 Å². The molecule has 0 saturated carbocycles. The van der Waals surface area contributed by atoms with Gasteiger partial charge in [-0.3, -0.25) is 0 Å². The lowest BCUT2D eigenvalue weighted by molar-refractivity contribution is 1.48. The van der Waals surface area contributed by atoms with Crippen LogP contribution in [-0.2, 0) is 0 Å². The van der Waals surface area contributed by atoms with Gasteiger partial charge >= 0.3 is 8.80 Å². The van der Waals surface area contributed by atoms with E-state index in [1.54, 1.807) is 0 Å². The third-order valence-electron chi connectivity index (χ3n) is 1.75. The van der Waals surface area contributed by atoms with Gasteiger partial charge in [0.1, 0.15) is 0 Å².